The highest BCUT2D eigenvalue weighted by Crippen LogP contribution is 2.41. The van der Waals surface area contributed by atoms with Crippen molar-refractivity contribution >= 4 is 11.0 Å². The van der Waals surface area contributed by atoms with Crippen molar-refractivity contribution in [3.63, 3.8) is 0 Å². The van der Waals surface area contributed by atoms with E-state index in [4.69, 9.17) is 10.7 Å². The SMILES string of the molecule is CC1CCC(CN)(c2nc3ccc(F)cc3n2C)CC1. The molecular weight excluding hydrogens is 253 g/mol. The van der Waals surface area contributed by atoms with Gasteiger partial charge in [0.2, 0.25) is 0 Å². The number of nitrogens with zero attached hydrogens (tertiary/aromatic N) is 2. The van der Waals surface area contributed by atoms with Gasteiger partial charge < -0.3 is 10.3 Å². The summed E-state index contributed by atoms with van der Waals surface area (Å²) in [6, 6.07) is 4.78. The van der Waals surface area contributed by atoms with Crippen LogP contribution in [0.5, 0.6) is 0 Å². The standard InChI is InChI=1S/C16H22FN3/c1-11-5-7-16(10-18,8-6-11)15-19-13-4-3-12(17)9-14(13)20(15)2/h3-4,9,11H,5-8,10,18H2,1-2H3. The van der Waals surface area contributed by atoms with E-state index in [2.05, 4.69) is 6.92 Å². The number of hydrogen-bond acceptors (Lipinski definition) is 2. The van der Waals surface area contributed by atoms with E-state index in [1.807, 2.05) is 11.6 Å². The lowest BCUT2D eigenvalue weighted by Gasteiger charge is -2.37. The zero-order valence-electron chi connectivity index (χ0n) is 12.2. The van der Waals surface area contributed by atoms with E-state index in [0.29, 0.717) is 6.54 Å². The van der Waals surface area contributed by atoms with E-state index in [-0.39, 0.29) is 11.2 Å². The Morgan fingerprint density at radius 3 is 2.75 bits per heavy atom. The third-order valence-electron chi connectivity index (χ3n) is 4.94. The molecule has 4 heteroatoms. The third kappa shape index (κ3) is 2.03. The van der Waals surface area contributed by atoms with Gasteiger partial charge >= 0.3 is 0 Å². The number of hydrogen-bond donors (Lipinski definition) is 1. The number of nitrogens with two attached hydrogens (primary N) is 1. The minimum absolute atomic E-state index is 0.0449. The number of aromatic nitrogens is 2. The van der Waals surface area contributed by atoms with Gasteiger partial charge in [-0.2, -0.15) is 0 Å². The Labute approximate surface area is 119 Å². The summed E-state index contributed by atoms with van der Waals surface area (Å²) in [5.74, 6) is 1.57. The average Bonchev–Trinajstić information content (AvgIpc) is 2.78. The van der Waals surface area contributed by atoms with E-state index < -0.39 is 0 Å². The fourth-order valence-electron chi connectivity index (χ4n) is 3.47. The number of aryl methyl sites for hydroxylation is 1. The minimum atomic E-state index is -0.217. The van der Waals surface area contributed by atoms with Gasteiger partial charge in [-0.05, 0) is 49.8 Å². The van der Waals surface area contributed by atoms with Gasteiger partial charge in [0, 0.05) is 19.0 Å². The van der Waals surface area contributed by atoms with Gasteiger partial charge in [-0.3, -0.25) is 0 Å². The lowest BCUT2D eigenvalue weighted by atomic mass is 9.70. The van der Waals surface area contributed by atoms with Crippen LogP contribution < -0.4 is 5.73 Å². The molecule has 1 heterocycles. The molecule has 1 saturated carbocycles. The number of halogens is 1. The van der Waals surface area contributed by atoms with Crippen LogP contribution in [0.2, 0.25) is 0 Å². The second-order valence-corrected chi connectivity index (χ2v) is 6.29. The highest BCUT2D eigenvalue weighted by molar-refractivity contribution is 5.76. The van der Waals surface area contributed by atoms with Gasteiger partial charge in [-0.25, -0.2) is 9.37 Å². The van der Waals surface area contributed by atoms with Gasteiger partial charge in [0.25, 0.3) is 0 Å². The predicted octanol–water partition coefficient (Wildman–Crippen LogP) is 3.12. The molecule has 0 unspecified atom stereocenters. The first-order valence-corrected chi connectivity index (χ1v) is 7.38. The fraction of sp³-hybridized carbons (Fsp3) is 0.562. The van der Waals surface area contributed by atoms with Gasteiger partial charge in [0.1, 0.15) is 11.6 Å². The van der Waals surface area contributed by atoms with Crippen LogP contribution in [-0.4, -0.2) is 16.1 Å². The maximum atomic E-state index is 13.4. The molecule has 0 atom stereocenters. The lowest BCUT2D eigenvalue weighted by Crippen LogP contribution is -2.40. The first kappa shape index (κ1) is 13.6. The minimum Gasteiger partial charge on any atom is -0.331 e. The van der Waals surface area contributed by atoms with Crippen molar-refractivity contribution in [1.29, 1.82) is 0 Å². The van der Waals surface area contributed by atoms with Crippen LogP contribution in [0.4, 0.5) is 4.39 Å². The Balaban J connectivity index is 2.10. The molecule has 1 aromatic carbocycles. The average molecular weight is 275 g/mol. The van der Waals surface area contributed by atoms with Crippen LogP contribution in [0.25, 0.3) is 11.0 Å². The molecule has 2 aromatic rings. The van der Waals surface area contributed by atoms with Crippen LogP contribution in [0.1, 0.15) is 38.4 Å². The van der Waals surface area contributed by atoms with Crippen molar-refractivity contribution in [3.05, 3.63) is 29.8 Å². The number of fused-ring (bicyclic) bond motifs is 1. The molecule has 0 bridgehead atoms. The Hall–Kier alpha value is -1.42. The molecule has 1 fully saturated rings. The summed E-state index contributed by atoms with van der Waals surface area (Å²) < 4.78 is 15.5. The van der Waals surface area contributed by atoms with Crippen molar-refractivity contribution < 1.29 is 4.39 Å². The number of benzene rings is 1. The predicted molar refractivity (Wildman–Crippen MR) is 79.0 cm³/mol. The molecule has 108 valence electrons. The van der Waals surface area contributed by atoms with E-state index in [1.165, 1.54) is 18.9 Å². The molecule has 0 spiro atoms. The van der Waals surface area contributed by atoms with Crippen LogP contribution in [0, 0.1) is 11.7 Å². The smallest absolute Gasteiger partial charge is 0.125 e. The zero-order valence-corrected chi connectivity index (χ0v) is 12.2. The Morgan fingerprint density at radius 1 is 1.40 bits per heavy atom. The molecule has 20 heavy (non-hydrogen) atoms. The first-order chi connectivity index (χ1) is 9.55. The van der Waals surface area contributed by atoms with Gasteiger partial charge in [-0.15, -0.1) is 0 Å². The van der Waals surface area contributed by atoms with Crippen molar-refractivity contribution in [2.24, 2.45) is 18.7 Å². The number of imidazole rings is 1. The Kier molecular flexibility index (Phi) is 3.28. The normalized spacial score (nSPS) is 27.1. The van der Waals surface area contributed by atoms with Crippen molar-refractivity contribution in [1.82, 2.24) is 9.55 Å². The van der Waals surface area contributed by atoms with Crippen molar-refractivity contribution in [2.75, 3.05) is 6.54 Å². The highest BCUT2D eigenvalue weighted by Gasteiger charge is 2.38. The molecule has 0 radical (unpaired) electrons. The second kappa shape index (κ2) is 4.85. The molecule has 0 saturated heterocycles. The molecule has 1 aliphatic rings. The summed E-state index contributed by atoms with van der Waals surface area (Å²) in [5.41, 5.74) is 7.77. The second-order valence-electron chi connectivity index (χ2n) is 6.29. The third-order valence-corrected chi connectivity index (χ3v) is 4.94. The van der Waals surface area contributed by atoms with E-state index >= 15 is 0 Å². The monoisotopic (exact) mass is 275 g/mol. The molecule has 0 amide bonds. The summed E-state index contributed by atoms with van der Waals surface area (Å²) >= 11 is 0. The maximum Gasteiger partial charge on any atom is 0.125 e. The van der Waals surface area contributed by atoms with Gasteiger partial charge in [0.15, 0.2) is 0 Å². The maximum absolute atomic E-state index is 13.4. The van der Waals surface area contributed by atoms with Crippen molar-refractivity contribution in [3.8, 4) is 0 Å². The van der Waals surface area contributed by atoms with Crippen molar-refractivity contribution in [2.45, 2.75) is 38.0 Å². The summed E-state index contributed by atoms with van der Waals surface area (Å²) in [6.45, 7) is 2.91. The Morgan fingerprint density at radius 2 is 2.10 bits per heavy atom. The molecule has 0 aliphatic heterocycles. The molecular formula is C16H22FN3. The first-order valence-electron chi connectivity index (χ1n) is 7.38. The molecule has 3 rings (SSSR count). The van der Waals surface area contributed by atoms with Gasteiger partial charge in [0.05, 0.1) is 11.0 Å². The summed E-state index contributed by atoms with van der Waals surface area (Å²) in [5, 5.41) is 0. The highest BCUT2D eigenvalue weighted by atomic mass is 19.1. The quantitative estimate of drug-likeness (QED) is 0.915. The molecule has 1 aromatic heterocycles. The van der Waals surface area contributed by atoms with E-state index in [1.54, 1.807) is 12.1 Å². The van der Waals surface area contributed by atoms with Gasteiger partial charge in [-0.1, -0.05) is 6.92 Å². The topological polar surface area (TPSA) is 43.8 Å². The molecule has 1 aliphatic carbocycles. The van der Waals surface area contributed by atoms with E-state index in [9.17, 15) is 4.39 Å². The zero-order chi connectivity index (χ0) is 14.3. The largest absolute Gasteiger partial charge is 0.331 e. The van der Waals surface area contributed by atoms with Crippen LogP contribution >= 0.6 is 0 Å². The summed E-state index contributed by atoms with van der Waals surface area (Å²) in [6.07, 6.45) is 4.53. The number of rotatable bonds is 2. The molecule has 3 nitrogen and oxygen atoms in total. The fourth-order valence-corrected chi connectivity index (χ4v) is 3.47. The van der Waals surface area contributed by atoms with E-state index in [0.717, 1.165) is 35.6 Å². The summed E-state index contributed by atoms with van der Waals surface area (Å²) in [4.78, 5) is 4.76. The van der Waals surface area contributed by atoms with Crippen LogP contribution in [0.3, 0.4) is 0 Å². The molecule has 2 N–H and O–H groups in total. The summed E-state index contributed by atoms with van der Waals surface area (Å²) in [7, 11) is 1.97. The van der Waals surface area contributed by atoms with Crippen LogP contribution in [-0.2, 0) is 12.5 Å². The Bertz CT molecular complexity index is 624. The van der Waals surface area contributed by atoms with Crippen LogP contribution in [0.15, 0.2) is 18.2 Å². The lowest BCUT2D eigenvalue weighted by molar-refractivity contribution is 0.233.